The molecule has 0 N–H and O–H groups in total. The Bertz CT molecular complexity index is 448. The molecule has 0 aliphatic carbocycles. The lowest BCUT2D eigenvalue weighted by Gasteiger charge is -2.32. The minimum absolute atomic E-state index is 0.0334. The molecule has 0 saturated heterocycles. The molecule has 20 heavy (non-hydrogen) atoms. The van der Waals surface area contributed by atoms with Crippen molar-refractivity contribution in [3.8, 4) is 0 Å². The van der Waals surface area contributed by atoms with Gasteiger partial charge in [0.25, 0.3) is 0 Å². The van der Waals surface area contributed by atoms with E-state index in [1.165, 1.54) is 5.56 Å². The second-order valence-corrected chi connectivity index (χ2v) is 5.80. The van der Waals surface area contributed by atoms with E-state index in [0.29, 0.717) is 12.4 Å². The molecule has 1 aromatic carbocycles. The molecule has 0 aliphatic rings. The summed E-state index contributed by atoms with van der Waals surface area (Å²) in [7, 11) is 1.67. The van der Waals surface area contributed by atoms with Crippen molar-refractivity contribution in [2.24, 2.45) is 0 Å². The molecule has 0 radical (unpaired) electrons. The Hall–Kier alpha value is -1.000. The summed E-state index contributed by atoms with van der Waals surface area (Å²) < 4.78 is 5.25. The lowest BCUT2D eigenvalue weighted by atomic mass is 10.0. The quantitative estimate of drug-likeness (QED) is 0.773. The second kappa shape index (κ2) is 8.32. The van der Waals surface area contributed by atoms with Crippen LogP contribution in [-0.4, -0.2) is 37.7 Å². The van der Waals surface area contributed by atoms with Gasteiger partial charge in [-0.15, -0.1) is 0 Å². The smallest absolute Gasteiger partial charge is 0.237 e. The fourth-order valence-electron chi connectivity index (χ4n) is 2.45. The van der Waals surface area contributed by atoms with Crippen LogP contribution in [0.15, 0.2) is 18.2 Å². The zero-order valence-corrected chi connectivity index (χ0v) is 13.9. The van der Waals surface area contributed by atoms with E-state index in [0.717, 1.165) is 17.7 Å². The lowest BCUT2D eigenvalue weighted by molar-refractivity contribution is -0.116. The van der Waals surface area contributed by atoms with Crippen molar-refractivity contribution in [1.29, 1.82) is 0 Å². The number of methoxy groups -OCH3 is 1. The van der Waals surface area contributed by atoms with E-state index in [-0.39, 0.29) is 11.9 Å². The van der Waals surface area contributed by atoms with E-state index in [2.05, 4.69) is 32.0 Å². The highest BCUT2D eigenvalue weighted by molar-refractivity contribution is 7.99. The maximum atomic E-state index is 12.5. The number of aryl methyl sites for hydroxylation is 2. The van der Waals surface area contributed by atoms with Crippen LogP contribution in [0.1, 0.15) is 25.0 Å². The van der Waals surface area contributed by atoms with Crippen molar-refractivity contribution in [2.45, 2.75) is 33.2 Å². The van der Waals surface area contributed by atoms with Gasteiger partial charge >= 0.3 is 0 Å². The van der Waals surface area contributed by atoms with Crippen molar-refractivity contribution in [2.75, 3.05) is 30.6 Å². The maximum absolute atomic E-state index is 12.5. The average molecular weight is 295 g/mol. The van der Waals surface area contributed by atoms with Crippen LogP contribution >= 0.6 is 11.8 Å². The third-order valence-corrected chi connectivity index (χ3v) is 3.86. The number of hydrogen-bond donors (Lipinski definition) is 0. The monoisotopic (exact) mass is 295 g/mol. The molecule has 0 saturated carbocycles. The van der Waals surface area contributed by atoms with Crippen LogP contribution in [-0.2, 0) is 16.0 Å². The van der Waals surface area contributed by atoms with Crippen LogP contribution in [0.25, 0.3) is 0 Å². The van der Waals surface area contributed by atoms with Gasteiger partial charge in [-0.25, -0.2) is 0 Å². The number of amides is 1. The topological polar surface area (TPSA) is 29.5 Å². The molecule has 1 unspecified atom stereocenters. The largest absolute Gasteiger partial charge is 0.383 e. The predicted octanol–water partition coefficient (Wildman–Crippen LogP) is 3.29. The van der Waals surface area contributed by atoms with Crippen LogP contribution < -0.4 is 4.90 Å². The summed E-state index contributed by atoms with van der Waals surface area (Å²) in [6, 6.07) is 6.25. The normalized spacial score (nSPS) is 12.2. The molecule has 1 rings (SSSR count). The van der Waals surface area contributed by atoms with Gasteiger partial charge in [-0.1, -0.05) is 25.1 Å². The van der Waals surface area contributed by atoms with Crippen LogP contribution in [0.4, 0.5) is 5.69 Å². The molecule has 3 nitrogen and oxygen atoms in total. The minimum atomic E-state index is 0.0334. The molecule has 0 heterocycles. The van der Waals surface area contributed by atoms with Crippen molar-refractivity contribution < 1.29 is 9.53 Å². The highest BCUT2D eigenvalue weighted by Crippen LogP contribution is 2.28. The van der Waals surface area contributed by atoms with Gasteiger partial charge in [0.15, 0.2) is 0 Å². The van der Waals surface area contributed by atoms with Crippen LogP contribution in [0.3, 0.4) is 0 Å². The Labute approximate surface area is 126 Å². The molecule has 1 atom stereocenters. The molecule has 0 spiro atoms. The molecule has 0 aromatic heterocycles. The third-order valence-electron chi connectivity index (χ3n) is 3.33. The summed E-state index contributed by atoms with van der Waals surface area (Å²) >= 11 is 1.56. The average Bonchev–Trinajstić information content (AvgIpc) is 2.41. The zero-order valence-electron chi connectivity index (χ0n) is 13.1. The Morgan fingerprint density at radius 2 is 2.15 bits per heavy atom. The SMILES string of the molecule is CCc1cccc(C)c1N(C(=O)CSC)C(C)COC. The molecule has 112 valence electrons. The number of thioether (sulfide) groups is 1. The Kier molecular flexibility index (Phi) is 7.10. The van der Waals surface area contributed by atoms with Gasteiger partial charge in [-0.05, 0) is 37.7 Å². The third kappa shape index (κ3) is 4.00. The number of hydrogen-bond acceptors (Lipinski definition) is 3. The highest BCUT2D eigenvalue weighted by Gasteiger charge is 2.24. The van der Waals surface area contributed by atoms with E-state index < -0.39 is 0 Å². The Morgan fingerprint density at radius 1 is 1.45 bits per heavy atom. The zero-order chi connectivity index (χ0) is 15.1. The molecule has 4 heteroatoms. The number of carbonyl (C=O) groups is 1. The van der Waals surface area contributed by atoms with Gasteiger partial charge in [0, 0.05) is 7.11 Å². The fourth-order valence-corrected chi connectivity index (χ4v) is 2.84. The first-order valence-electron chi connectivity index (χ1n) is 6.95. The first-order valence-corrected chi connectivity index (χ1v) is 8.34. The minimum Gasteiger partial charge on any atom is -0.383 e. The predicted molar refractivity (Wildman–Crippen MR) is 87.8 cm³/mol. The number of ether oxygens (including phenoxy) is 1. The van der Waals surface area contributed by atoms with Crippen molar-refractivity contribution in [1.82, 2.24) is 0 Å². The molecular formula is C16H25NO2S. The van der Waals surface area contributed by atoms with Gasteiger partial charge < -0.3 is 9.64 Å². The fraction of sp³-hybridized carbons (Fsp3) is 0.562. The highest BCUT2D eigenvalue weighted by atomic mass is 32.2. The molecular weight excluding hydrogens is 270 g/mol. The van der Waals surface area contributed by atoms with E-state index >= 15 is 0 Å². The molecule has 0 aliphatic heterocycles. The van der Waals surface area contributed by atoms with Gasteiger partial charge in [0.2, 0.25) is 5.91 Å². The van der Waals surface area contributed by atoms with E-state index in [4.69, 9.17) is 4.74 Å². The van der Waals surface area contributed by atoms with Crippen molar-refractivity contribution in [3.05, 3.63) is 29.3 Å². The number of carbonyl (C=O) groups excluding carboxylic acids is 1. The first kappa shape index (κ1) is 17.1. The Balaban J connectivity index is 3.26. The van der Waals surface area contributed by atoms with Crippen LogP contribution in [0.5, 0.6) is 0 Å². The molecule has 0 bridgehead atoms. The van der Waals surface area contributed by atoms with Gasteiger partial charge in [0.05, 0.1) is 24.1 Å². The molecule has 1 amide bonds. The van der Waals surface area contributed by atoms with Gasteiger partial charge in [-0.3, -0.25) is 4.79 Å². The number of para-hydroxylation sites is 1. The summed E-state index contributed by atoms with van der Waals surface area (Å²) in [5.74, 6) is 0.636. The van der Waals surface area contributed by atoms with Gasteiger partial charge in [-0.2, -0.15) is 11.8 Å². The summed E-state index contributed by atoms with van der Waals surface area (Å²) in [5.41, 5.74) is 3.41. The standard InChI is InChI=1S/C16H25NO2S/c1-6-14-9-7-8-12(2)16(14)17(13(3)10-19-4)15(18)11-20-5/h7-9,13H,6,10-11H2,1-5H3. The summed E-state index contributed by atoms with van der Waals surface area (Å²) in [4.78, 5) is 14.4. The lowest BCUT2D eigenvalue weighted by Crippen LogP contribution is -2.43. The number of anilines is 1. The van der Waals surface area contributed by atoms with Crippen LogP contribution in [0, 0.1) is 6.92 Å². The van der Waals surface area contributed by atoms with E-state index in [1.807, 2.05) is 18.1 Å². The van der Waals surface area contributed by atoms with E-state index in [9.17, 15) is 4.79 Å². The van der Waals surface area contributed by atoms with Crippen molar-refractivity contribution in [3.63, 3.8) is 0 Å². The number of nitrogens with zero attached hydrogens (tertiary/aromatic N) is 1. The summed E-state index contributed by atoms with van der Waals surface area (Å²) in [6.07, 6.45) is 2.87. The summed E-state index contributed by atoms with van der Waals surface area (Å²) in [5, 5.41) is 0. The Morgan fingerprint density at radius 3 is 2.70 bits per heavy atom. The maximum Gasteiger partial charge on any atom is 0.237 e. The van der Waals surface area contributed by atoms with Crippen LogP contribution in [0.2, 0.25) is 0 Å². The van der Waals surface area contributed by atoms with Gasteiger partial charge in [0.1, 0.15) is 0 Å². The van der Waals surface area contributed by atoms with Crippen molar-refractivity contribution >= 4 is 23.4 Å². The molecule has 1 aromatic rings. The van der Waals surface area contributed by atoms with E-state index in [1.54, 1.807) is 18.9 Å². The number of benzene rings is 1. The first-order chi connectivity index (χ1) is 9.56. The second-order valence-electron chi connectivity index (χ2n) is 4.94. The summed E-state index contributed by atoms with van der Waals surface area (Å²) in [6.45, 7) is 6.76. The molecule has 0 fully saturated rings. The number of rotatable bonds is 7.